The van der Waals surface area contributed by atoms with Gasteiger partial charge >= 0.3 is 12.1 Å². The molecule has 2 aromatic rings. The number of ether oxygens (including phenoxy) is 2. The molecule has 3 amide bonds. The predicted molar refractivity (Wildman–Crippen MR) is 141 cm³/mol. The van der Waals surface area contributed by atoms with Crippen molar-refractivity contribution in [3.05, 3.63) is 57.0 Å². The molecule has 0 aliphatic heterocycles. The number of nitrogens with one attached hydrogen (secondary N) is 2. The number of aromatic nitrogens is 1. The highest BCUT2D eigenvalue weighted by Gasteiger charge is 2.26. The maximum atomic E-state index is 13.0. The number of carbonyl (C=O) groups is 4. The van der Waals surface area contributed by atoms with Crippen LogP contribution in [0.5, 0.6) is 0 Å². The molecule has 1 aromatic heterocycles. The van der Waals surface area contributed by atoms with Gasteiger partial charge in [-0.2, -0.15) is 0 Å². The van der Waals surface area contributed by atoms with Gasteiger partial charge in [0.2, 0.25) is 5.91 Å². The normalized spacial score (nSPS) is 12.1. The number of amides is 3. The zero-order chi connectivity index (χ0) is 27.8. The fourth-order valence-electron chi connectivity index (χ4n) is 3.17. The average molecular weight is 531 g/mol. The van der Waals surface area contributed by atoms with Gasteiger partial charge in [0, 0.05) is 31.5 Å². The van der Waals surface area contributed by atoms with E-state index in [9.17, 15) is 19.2 Å². The molecular formula is C26H34N4O6S. The van der Waals surface area contributed by atoms with E-state index in [0.29, 0.717) is 9.88 Å². The first-order valence-corrected chi connectivity index (χ1v) is 12.4. The lowest BCUT2D eigenvalue weighted by molar-refractivity contribution is -0.142. The predicted octanol–water partition coefficient (Wildman–Crippen LogP) is 3.09. The van der Waals surface area contributed by atoms with Gasteiger partial charge in [0.05, 0.1) is 13.7 Å². The number of esters is 1. The summed E-state index contributed by atoms with van der Waals surface area (Å²) in [5.41, 5.74) is 1.01. The van der Waals surface area contributed by atoms with Crippen LogP contribution in [0.15, 0.2) is 30.3 Å². The van der Waals surface area contributed by atoms with E-state index in [4.69, 9.17) is 9.47 Å². The molecule has 0 spiro atoms. The molecule has 11 heteroatoms. The first kappa shape index (κ1) is 29.5. The summed E-state index contributed by atoms with van der Waals surface area (Å²) < 4.78 is 10.1. The van der Waals surface area contributed by atoms with Gasteiger partial charge in [0.15, 0.2) is 0 Å². The number of carbonyl (C=O) groups excluding carboxylic acids is 4. The third-order valence-corrected chi connectivity index (χ3v) is 5.93. The number of hydrogen-bond acceptors (Lipinski definition) is 8. The Morgan fingerprint density at radius 3 is 2.46 bits per heavy atom. The number of methoxy groups -OCH3 is 1. The summed E-state index contributed by atoms with van der Waals surface area (Å²) in [5, 5.41) is 5.85. The topological polar surface area (TPSA) is 127 Å². The van der Waals surface area contributed by atoms with E-state index in [-0.39, 0.29) is 24.6 Å². The van der Waals surface area contributed by atoms with E-state index in [1.54, 1.807) is 47.9 Å². The molecule has 0 aliphatic carbocycles. The molecule has 2 N–H and O–H groups in total. The number of thiazole rings is 1. The second-order valence-electron chi connectivity index (χ2n) is 9.39. The second kappa shape index (κ2) is 13.0. The van der Waals surface area contributed by atoms with Gasteiger partial charge < -0.3 is 25.0 Å². The molecule has 1 heterocycles. The maximum Gasteiger partial charge on any atom is 0.408 e. The van der Waals surface area contributed by atoms with Crippen molar-refractivity contribution in [2.75, 3.05) is 21.2 Å². The molecular weight excluding hydrogens is 496 g/mol. The van der Waals surface area contributed by atoms with Crippen LogP contribution in [0.4, 0.5) is 4.79 Å². The smallest absolute Gasteiger partial charge is 0.408 e. The standard InChI is InChI=1S/C26H34N4O6S/c1-16-22(29-20(37-16)15-27-25(34)36-26(2,3)4)23(32)28-19(24(33)35-7)14-18-11-9-8-10-17(18)12-13-21(31)30(5)6/h8-13,19H,14-15H2,1-7H3,(H,27,34)(H,28,32)/b13-12+/t19-/m0/s1. The number of hydrogen-bond donors (Lipinski definition) is 2. The molecule has 0 saturated carbocycles. The Balaban J connectivity index is 2.16. The Labute approximate surface area is 221 Å². The number of alkyl carbamates (subject to hydrolysis) is 1. The fraction of sp³-hybridized carbons (Fsp3) is 0.423. The van der Waals surface area contributed by atoms with Gasteiger partial charge in [-0.1, -0.05) is 24.3 Å². The maximum absolute atomic E-state index is 13.0. The lowest BCUT2D eigenvalue weighted by atomic mass is 9.99. The summed E-state index contributed by atoms with van der Waals surface area (Å²) in [6, 6.07) is 6.28. The molecule has 1 aromatic carbocycles. The summed E-state index contributed by atoms with van der Waals surface area (Å²) in [4.78, 5) is 55.9. The summed E-state index contributed by atoms with van der Waals surface area (Å²) in [5.74, 6) is -1.33. The van der Waals surface area contributed by atoms with Gasteiger partial charge in [0.1, 0.15) is 22.3 Å². The van der Waals surface area contributed by atoms with E-state index in [1.165, 1.54) is 29.4 Å². The number of aryl methyl sites for hydroxylation is 1. The molecule has 37 heavy (non-hydrogen) atoms. The van der Waals surface area contributed by atoms with Gasteiger partial charge in [-0.3, -0.25) is 9.59 Å². The van der Waals surface area contributed by atoms with Crippen LogP contribution < -0.4 is 10.6 Å². The van der Waals surface area contributed by atoms with Crippen molar-refractivity contribution in [1.82, 2.24) is 20.5 Å². The molecule has 1 atom stereocenters. The third-order valence-electron chi connectivity index (χ3n) is 4.96. The van der Waals surface area contributed by atoms with Crippen LogP contribution in [0, 0.1) is 6.92 Å². The summed E-state index contributed by atoms with van der Waals surface area (Å²) >= 11 is 1.26. The van der Waals surface area contributed by atoms with E-state index in [0.717, 1.165) is 11.1 Å². The van der Waals surface area contributed by atoms with Crippen LogP contribution in [-0.2, 0) is 32.0 Å². The number of rotatable bonds is 9. The molecule has 0 fully saturated rings. The van der Waals surface area contributed by atoms with Crippen molar-refractivity contribution in [2.45, 2.75) is 52.3 Å². The molecule has 200 valence electrons. The zero-order valence-corrected chi connectivity index (χ0v) is 23.0. The summed E-state index contributed by atoms with van der Waals surface area (Å²) in [6.45, 7) is 7.12. The van der Waals surface area contributed by atoms with Crippen LogP contribution in [0.25, 0.3) is 6.08 Å². The van der Waals surface area contributed by atoms with Crippen LogP contribution in [0.1, 0.15) is 52.3 Å². The van der Waals surface area contributed by atoms with Crippen molar-refractivity contribution in [2.24, 2.45) is 0 Å². The van der Waals surface area contributed by atoms with E-state index in [2.05, 4.69) is 15.6 Å². The highest BCUT2D eigenvalue weighted by molar-refractivity contribution is 7.11. The van der Waals surface area contributed by atoms with Gasteiger partial charge in [-0.15, -0.1) is 11.3 Å². The van der Waals surface area contributed by atoms with E-state index in [1.807, 2.05) is 24.3 Å². The Kier molecular flexibility index (Phi) is 10.4. The molecule has 10 nitrogen and oxygen atoms in total. The van der Waals surface area contributed by atoms with Gasteiger partial charge in [-0.25, -0.2) is 14.6 Å². The molecule has 2 rings (SSSR count). The minimum Gasteiger partial charge on any atom is -0.467 e. The minimum atomic E-state index is -0.985. The Bertz CT molecular complexity index is 1170. The second-order valence-corrected chi connectivity index (χ2v) is 10.7. The van der Waals surface area contributed by atoms with Crippen molar-refractivity contribution < 1.29 is 28.7 Å². The van der Waals surface area contributed by atoms with Crippen LogP contribution in [0.3, 0.4) is 0 Å². The van der Waals surface area contributed by atoms with Crippen LogP contribution in [-0.4, -0.2) is 66.6 Å². The Hall–Kier alpha value is -3.73. The molecule has 0 unspecified atom stereocenters. The molecule has 0 aliphatic rings. The van der Waals surface area contributed by atoms with Gasteiger partial charge in [0.25, 0.3) is 5.91 Å². The highest BCUT2D eigenvalue weighted by atomic mass is 32.1. The largest absolute Gasteiger partial charge is 0.467 e. The lowest BCUT2D eigenvalue weighted by Gasteiger charge is -2.19. The minimum absolute atomic E-state index is 0.0967. The van der Waals surface area contributed by atoms with Crippen molar-refractivity contribution >= 4 is 41.3 Å². The van der Waals surface area contributed by atoms with E-state index < -0.39 is 29.6 Å². The number of likely N-dealkylation sites (N-methyl/N-ethyl adjacent to an activating group) is 1. The first-order chi connectivity index (χ1) is 17.3. The third kappa shape index (κ3) is 9.34. The summed E-state index contributed by atoms with van der Waals surface area (Å²) in [6.07, 6.45) is 2.67. The Morgan fingerprint density at radius 2 is 1.84 bits per heavy atom. The monoisotopic (exact) mass is 530 g/mol. The number of benzene rings is 1. The summed E-state index contributed by atoms with van der Waals surface area (Å²) in [7, 11) is 4.55. The lowest BCUT2D eigenvalue weighted by Crippen LogP contribution is -2.43. The highest BCUT2D eigenvalue weighted by Crippen LogP contribution is 2.19. The molecule has 0 saturated heterocycles. The zero-order valence-electron chi connectivity index (χ0n) is 22.2. The first-order valence-electron chi connectivity index (χ1n) is 11.6. The SMILES string of the molecule is COC(=O)[C@H](Cc1ccccc1/C=C/C(=O)N(C)C)NC(=O)c1nc(CNC(=O)OC(C)(C)C)sc1C. The van der Waals surface area contributed by atoms with E-state index >= 15 is 0 Å². The van der Waals surface area contributed by atoms with Gasteiger partial charge in [-0.05, 0) is 44.9 Å². The molecule has 0 bridgehead atoms. The quantitative estimate of drug-likeness (QED) is 0.377. The number of nitrogens with zero attached hydrogens (tertiary/aromatic N) is 2. The Morgan fingerprint density at radius 1 is 1.16 bits per heavy atom. The van der Waals surface area contributed by atoms with Crippen LogP contribution >= 0.6 is 11.3 Å². The van der Waals surface area contributed by atoms with Crippen LogP contribution in [0.2, 0.25) is 0 Å². The average Bonchev–Trinajstić information content (AvgIpc) is 3.20. The fourth-order valence-corrected chi connectivity index (χ4v) is 4.04. The van der Waals surface area contributed by atoms with Crippen molar-refractivity contribution in [3.63, 3.8) is 0 Å². The van der Waals surface area contributed by atoms with Crippen molar-refractivity contribution in [1.29, 1.82) is 0 Å². The molecule has 0 radical (unpaired) electrons. The van der Waals surface area contributed by atoms with Crippen molar-refractivity contribution in [3.8, 4) is 0 Å².